The number of carbonyl (C=O) groups is 1. The van der Waals surface area contributed by atoms with Crippen LogP contribution in [0, 0.1) is 0 Å². The summed E-state index contributed by atoms with van der Waals surface area (Å²) in [5.41, 5.74) is 1.12. The van der Waals surface area contributed by atoms with Crippen LogP contribution >= 0.6 is 0 Å². The predicted octanol–water partition coefficient (Wildman–Crippen LogP) is 2.01. The smallest absolute Gasteiger partial charge is 0.234 e. The van der Waals surface area contributed by atoms with Crippen molar-refractivity contribution < 1.29 is 4.79 Å². The number of nitrogens with zero attached hydrogens (tertiary/aromatic N) is 1. The van der Waals surface area contributed by atoms with E-state index in [1.807, 2.05) is 30.3 Å². The van der Waals surface area contributed by atoms with Gasteiger partial charge in [0.2, 0.25) is 5.91 Å². The molecule has 1 amide bonds. The monoisotopic (exact) mass is 291 g/mol. The summed E-state index contributed by atoms with van der Waals surface area (Å²) in [7, 11) is 0. The fourth-order valence-electron chi connectivity index (χ4n) is 2.38. The molecule has 0 aliphatic carbocycles. The van der Waals surface area contributed by atoms with Crippen molar-refractivity contribution >= 4 is 5.91 Å². The van der Waals surface area contributed by atoms with E-state index in [1.165, 1.54) is 0 Å². The standard InChI is InChI=1S/C17H29N3O/c1-14(2)20(15(3)4)11-10-18-13-17(21)19-12-16-8-6-5-7-9-16/h5-9,14-15,18H,10-13H2,1-4H3,(H,19,21). The van der Waals surface area contributed by atoms with Crippen LogP contribution in [-0.4, -0.2) is 42.5 Å². The highest BCUT2D eigenvalue weighted by molar-refractivity contribution is 5.77. The molecule has 0 atom stereocenters. The van der Waals surface area contributed by atoms with Gasteiger partial charge in [0.15, 0.2) is 0 Å². The molecule has 2 N–H and O–H groups in total. The first-order chi connectivity index (χ1) is 10.0. The average molecular weight is 291 g/mol. The van der Waals surface area contributed by atoms with Gasteiger partial charge in [-0.25, -0.2) is 0 Å². The second-order valence-corrected chi connectivity index (χ2v) is 5.86. The maximum absolute atomic E-state index is 11.7. The zero-order valence-electron chi connectivity index (χ0n) is 13.7. The van der Waals surface area contributed by atoms with Gasteiger partial charge in [0.25, 0.3) is 0 Å². The Morgan fingerprint density at radius 1 is 1.10 bits per heavy atom. The summed E-state index contributed by atoms with van der Waals surface area (Å²) in [4.78, 5) is 14.2. The molecule has 4 nitrogen and oxygen atoms in total. The van der Waals surface area contributed by atoms with Crippen molar-refractivity contribution in [1.82, 2.24) is 15.5 Å². The molecule has 0 heterocycles. The minimum Gasteiger partial charge on any atom is -0.351 e. The molecule has 0 fully saturated rings. The van der Waals surface area contributed by atoms with Crippen LogP contribution < -0.4 is 10.6 Å². The molecule has 1 rings (SSSR count). The summed E-state index contributed by atoms with van der Waals surface area (Å²) >= 11 is 0. The van der Waals surface area contributed by atoms with Crippen molar-refractivity contribution in [3.8, 4) is 0 Å². The third-order valence-corrected chi connectivity index (χ3v) is 3.49. The maximum atomic E-state index is 11.7. The lowest BCUT2D eigenvalue weighted by Crippen LogP contribution is -2.43. The van der Waals surface area contributed by atoms with Gasteiger partial charge in [0.05, 0.1) is 6.54 Å². The van der Waals surface area contributed by atoms with Crippen molar-refractivity contribution in [2.24, 2.45) is 0 Å². The molecule has 118 valence electrons. The van der Waals surface area contributed by atoms with Gasteiger partial charge in [0.1, 0.15) is 0 Å². The summed E-state index contributed by atoms with van der Waals surface area (Å²) in [6, 6.07) is 11.0. The Morgan fingerprint density at radius 2 is 1.71 bits per heavy atom. The Labute approximate surface area is 128 Å². The van der Waals surface area contributed by atoms with E-state index in [1.54, 1.807) is 0 Å². The molecule has 1 aromatic carbocycles. The molecule has 0 saturated heterocycles. The Hall–Kier alpha value is -1.39. The molecule has 0 aliphatic rings. The van der Waals surface area contributed by atoms with Crippen LogP contribution in [0.3, 0.4) is 0 Å². The van der Waals surface area contributed by atoms with Gasteiger partial charge in [-0.05, 0) is 33.3 Å². The quantitative estimate of drug-likeness (QED) is 0.684. The van der Waals surface area contributed by atoms with Gasteiger partial charge < -0.3 is 10.6 Å². The lowest BCUT2D eigenvalue weighted by Gasteiger charge is -2.30. The molecule has 0 aliphatic heterocycles. The summed E-state index contributed by atoms with van der Waals surface area (Å²) < 4.78 is 0. The zero-order valence-corrected chi connectivity index (χ0v) is 13.7. The van der Waals surface area contributed by atoms with Crippen LogP contribution in [-0.2, 0) is 11.3 Å². The van der Waals surface area contributed by atoms with E-state index in [0.29, 0.717) is 25.2 Å². The van der Waals surface area contributed by atoms with Crippen molar-refractivity contribution in [3.63, 3.8) is 0 Å². The van der Waals surface area contributed by atoms with Crippen LogP contribution in [0.2, 0.25) is 0 Å². The molecule has 0 bridgehead atoms. The first-order valence-corrected chi connectivity index (χ1v) is 7.77. The first-order valence-electron chi connectivity index (χ1n) is 7.77. The number of benzene rings is 1. The lowest BCUT2D eigenvalue weighted by molar-refractivity contribution is -0.120. The van der Waals surface area contributed by atoms with Crippen LogP contribution in [0.5, 0.6) is 0 Å². The molecule has 1 aromatic rings. The highest BCUT2D eigenvalue weighted by Gasteiger charge is 2.12. The Bertz CT molecular complexity index is 396. The molecule has 21 heavy (non-hydrogen) atoms. The van der Waals surface area contributed by atoms with Crippen molar-refractivity contribution in [3.05, 3.63) is 35.9 Å². The average Bonchev–Trinajstić information content (AvgIpc) is 2.45. The highest BCUT2D eigenvalue weighted by Crippen LogP contribution is 2.03. The second-order valence-electron chi connectivity index (χ2n) is 5.86. The summed E-state index contributed by atoms with van der Waals surface area (Å²) in [6.07, 6.45) is 0. The minimum absolute atomic E-state index is 0.0412. The molecular weight excluding hydrogens is 262 g/mol. The van der Waals surface area contributed by atoms with E-state index in [4.69, 9.17) is 0 Å². The Morgan fingerprint density at radius 3 is 2.29 bits per heavy atom. The first kappa shape index (κ1) is 17.7. The van der Waals surface area contributed by atoms with Crippen molar-refractivity contribution in [2.45, 2.75) is 46.3 Å². The van der Waals surface area contributed by atoms with Crippen LogP contribution in [0.4, 0.5) is 0 Å². The normalized spacial score (nSPS) is 11.4. The third kappa shape index (κ3) is 7.25. The number of carbonyl (C=O) groups excluding carboxylic acids is 1. The van der Waals surface area contributed by atoms with Gasteiger partial charge >= 0.3 is 0 Å². The van der Waals surface area contributed by atoms with Crippen LogP contribution in [0.25, 0.3) is 0 Å². The third-order valence-electron chi connectivity index (χ3n) is 3.49. The molecule has 0 saturated carbocycles. The fraction of sp³-hybridized carbons (Fsp3) is 0.588. The number of rotatable bonds is 9. The maximum Gasteiger partial charge on any atom is 0.234 e. The predicted molar refractivity (Wildman–Crippen MR) is 88.1 cm³/mol. The SMILES string of the molecule is CC(C)N(CCNCC(=O)NCc1ccccc1)C(C)C. The van der Waals surface area contributed by atoms with E-state index in [2.05, 4.69) is 43.2 Å². The number of hydrogen-bond acceptors (Lipinski definition) is 3. The fourth-order valence-corrected chi connectivity index (χ4v) is 2.38. The van der Waals surface area contributed by atoms with E-state index in [9.17, 15) is 4.79 Å². The van der Waals surface area contributed by atoms with Gasteiger partial charge in [-0.2, -0.15) is 0 Å². The van der Waals surface area contributed by atoms with Gasteiger partial charge in [-0.15, -0.1) is 0 Å². The van der Waals surface area contributed by atoms with E-state index >= 15 is 0 Å². The highest BCUT2D eigenvalue weighted by atomic mass is 16.1. The lowest BCUT2D eigenvalue weighted by atomic mass is 10.2. The van der Waals surface area contributed by atoms with E-state index < -0.39 is 0 Å². The Kier molecular flexibility index (Phi) is 8.01. The van der Waals surface area contributed by atoms with Crippen LogP contribution in [0.1, 0.15) is 33.3 Å². The van der Waals surface area contributed by atoms with E-state index in [0.717, 1.165) is 18.7 Å². The largest absolute Gasteiger partial charge is 0.351 e. The Balaban J connectivity index is 2.16. The molecule has 0 radical (unpaired) electrons. The van der Waals surface area contributed by atoms with Crippen molar-refractivity contribution in [1.29, 1.82) is 0 Å². The summed E-state index contributed by atoms with van der Waals surface area (Å²) in [6.45, 7) is 11.6. The topological polar surface area (TPSA) is 44.4 Å². The van der Waals surface area contributed by atoms with Crippen LogP contribution in [0.15, 0.2) is 30.3 Å². The molecule has 0 spiro atoms. The summed E-state index contributed by atoms with van der Waals surface area (Å²) in [5.74, 6) is 0.0412. The number of amides is 1. The minimum atomic E-state index is 0.0412. The number of nitrogens with one attached hydrogen (secondary N) is 2. The van der Waals surface area contributed by atoms with E-state index in [-0.39, 0.29) is 5.91 Å². The van der Waals surface area contributed by atoms with Gasteiger partial charge in [-0.1, -0.05) is 30.3 Å². The zero-order chi connectivity index (χ0) is 15.7. The molecular formula is C17H29N3O. The van der Waals surface area contributed by atoms with Crippen molar-refractivity contribution in [2.75, 3.05) is 19.6 Å². The molecule has 0 unspecified atom stereocenters. The van der Waals surface area contributed by atoms with Gasteiger partial charge in [0, 0.05) is 31.7 Å². The van der Waals surface area contributed by atoms with Gasteiger partial charge in [-0.3, -0.25) is 9.69 Å². The molecule has 0 aromatic heterocycles. The summed E-state index contributed by atoms with van der Waals surface area (Å²) in [5, 5.41) is 6.13. The molecule has 4 heteroatoms. The number of hydrogen-bond donors (Lipinski definition) is 2. The second kappa shape index (κ2) is 9.53.